The normalized spacial score (nSPS) is 18.6. The van der Waals surface area contributed by atoms with Gasteiger partial charge in [0.05, 0.1) is 0 Å². The Bertz CT molecular complexity index is 565. The van der Waals surface area contributed by atoms with Crippen LogP contribution in [0.1, 0.15) is 36.3 Å². The van der Waals surface area contributed by atoms with Crippen molar-refractivity contribution >= 4 is 0 Å². The van der Waals surface area contributed by atoms with Crippen LogP contribution in [-0.4, -0.2) is 25.0 Å². The molecule has 1 aromatic heterocycles. The van der Waals surface area contributed by atoms with E-state index in [0.717, 1.165) is 30.7 Å². The molecule has 2 N–H and O–H groups in total. The fraction of sp³-hybridized carbons (Fsp3) is 0.385. The van der Waals surface area contributed by atoms with E-state index in [1.807, 2.05) is 12.1 Å². The number of aryl methyl sites for hydroxylation is 1. The van der Waals surface area contributed by atoms with Gasteiger partial charge in [0.25, 0.3) is 0 Å². The first-order valence-electron chi connectivity index (χ1n) is 6.13. The Morgan fingerprint density at radius 3 is 2.94 bits per heavy atom. The van der Waals surface area contributed by atoms with Crippen molar-refractivity contribution in [3.63, 3.8) is 0 Å². The van der Waals surface area contributed by atoms with Gasteiger partial charge in [0.2, 0.25) is 0 Å². The Kier molecular flexibility index (Phi) is 2.76. The maximum atomic E-state index is 9.81. The number of para-hydroxylation sites is 1. The smallest absolute Gasteiger partial charge is 0.155 e. The van der Waals surface area contributed by atoms with Crippen molar-refractivity contribution in [2.45, 2.75) is 31.9 Å². The molecule has 5 heteroatoms. The van der Waals surface area contributed by atoms with Crippen LogP contribution in [0, 0.1) is 0 Å². The van der Waals surface area contributed by atoms with Gasteiger partial charge in [-0.05, 0) is 18.9 Å². The maximum absolute atomic E-state index is 9.81. The van der Waals surface area contributed by atoms with Crippen molar-refractivity contribution in [1.82, 2.24) is 14.8 Å². The molecule has 0 fully saturated rings. The summed E-state index contributed by atoms with van der Waals surface area (Å²) in [6, 6.07) is 7.17. The number of fused-ring (bicyclic) bond motifs is 1. The van der Waals surface area contributed by atoms with Crippen LogP contribution < -0.4 is 0 Å². The molecule has 0 radical (unpaired) electrons. The molecule has 0 amide bonds. The number of aliphatic hydroxyl groups is 1. The molecule has 2 aromatic rings. The van der Waals surface area contributed by atoms with Crippen molar-refractivity contribution in [2.75, 3.05) is 0 Å². The lowest BCUT2D eigenvalue weighted by Gasteiger charge is -2.17. The lowest BCUT2D eigenvalue weighted by atomic mass is 10.1. The highest BCUT2D eigenvalue weighted by Gasteiger charge is 2.21. The molecule has 0 bridgehead atoms. The van der Waals surface area contributed by atoms with Crippen LogP contribution in [0.5, 0.6) is 5.75 Å². The molecule has 1 aromatic carbocycles. The summed E-state index contributed by atoms with van der Waals surface area (Å²) in [5.74, 6) is 1.73. The average molecular weight is 245 g/mol. The van der Waals surface area contributed by atoms with Gasteiger partial charge in [0.1, 0.15) is 17.8 Å². The third kappa shape index (κ3) is 1.97. The molecule has 1 aliphatic heterocycles. The van der Waals surface area contributed by atoms with Crippen molar-refractivity contribution in [1.29, 1.82) is 0 Å². The third-order valence-electron chi connectivity index (χ3n) is 3.23. The summed E-state index contributed by atoms with van der Waals surface area (Å²) in [4.78, 5) is 4.42. The summed E-state index contributed by atoms with van der Waals surface area (Å²) < 4.78 is 1.60. The Labute approximate surface area is 105 Å². The minimum atomic E-state index is -0.556. The summed E-state index contributed by atoms with van der Waals surface area (Å²) >= 11 is 0. The van der Waals surface area contributed by atoms with Gasteiger partial charge >= 0.3 is 0 Å². The van der Waals surface area contributed by atoms with Crippen molar-refractivity contribution in [2.24, 2.45) is 0 Å². The molecule has 18 heavy (non-hydrogen) atoms. The lowest BCUT2D eigenvalue weighted by Crippen LogP contribution is -2.18. The van der Waals surface area contributed by atoms with E-state index in [0.29, 0.717) is 12.2 Å². The molecule has 0 aliphatic carbocycles. The number of nitrogens with zero attached hydrogens (tertiary/aromatic N) is 3. The number of phenols is 1. The lowest BCUT2D eigenvalue weighted by molar-refractivity contribution is 0.0644. The molecule has 0 saturated heterocycles. The number of phenolic OH excluding ortho intramolecular Hbond substituents is 1. The zero-order valence-corrected chi connectivity index (χ0v) is 9.95. The molecule has 1 unspecified atom stereocenters. The second kappa shape index (κ2) is 4.42. The van der Waals surface area contributed by atoms with E-state index in [1.165, 1.54) is 0 Å². The van der Waals surface area contributed by atoms with E-state index in [-0.39, 0.29) is 5.75 Å². The van der Waals surface area contributed by atoms with Gasteiger partial charge in [0.15, 0.2) is 5.82 Å². The van der Waals surface area contributed by atoms with E-state index in [9.17, 15) is 10.2 Å². The Balaban J connectivity index is 1.88. The van der Waals surface area contributed by atoms with E-state index < -0.39 is 6.23 Å². The van der Waals surface area contributed by atoms with Crippen molar-refractivity contribution in [3.05, 3.63) is 41.5 Å². The molecule has 1 aliphatic rings. The molecular formula is C13H15N3O2. The third-order valence-corrected chi connectivity index (χ3v) is 3.23. The second-order valence-corrected chi connectivity index (χ2v) is 4.57. The van der Waals surface area contributed by atoms with Crippen LogP contribution in [0.15, 0.2) is 24.3 Å². The highest BCUT2D eigenvalue weighted by atomic mass is 16.3. The second-order valence-electron chi connectivity index (χ2n) is 4.57. The van der Waals surface area contributed by atoms with E-state index in [2.05, 4.69) is 10.1 Å². The Morgan fingerprint density at radius 2 is 2.17 bits per heavy atom. The highest BCUT2D eigenvalue weighted by molar-refractivity contribution is 5.33. The number of aliphatic hydroxyl groups excluding tert-OH is 1. The number of rotatable bonds is 2. The van der Waals surface area contributed by atoms with Crippen LogP contribution in [0.25, 0.3) is 0 Å². The SMILES string of the molecule is Oc1ccccc1Cc1nc2n(n1)C(O)CCC2. The van der Waals surface area contributed by atoms with Crippen LogP contribution >= 0.6 is 0 Å². The summed E-state index contributed by atoms with van der Waals surface area (Å²) in [5.41, 5.74) is 0.801. The molecule has 2 heterocycles. The minimum absolute atomic E-state index is 0.255. The first-order valence-corrected chi connectivity index (χ1v) is 6.13. The number of benzene rings is 1. The summed E-state index contributed by atoms with van der Waals surface area (Å²) in [7, 11) is 0. The summed E-state index contributed by atoms with van der Waals surface area (Å²) in [6.45, 7) is 0. The molecule has 0 spiro atoms. The fourth-order valence-electron chi connectivity index (χ4n) is 2.28. The zero-order valence-electron chi connectivity index (χ0n) is 9.95. The summed E-state index contributed by atoms with van der Waals surface area (Å²) in [5, 5.41) is 23.8. The molecule has 94 valence electrons. The Hall–Kier alpha value is -1.88. The van der Waals surface area contributed by atoms with E-state index in [1.54, 1.807) is 16.8 Å². The van der Waals surface area contributed by atoms with Crippen LogP contribution in [-0.2, 0) is 12.8 Å². The number of hydrogen-bond donors (Lipinski definition) is 2. The average Bonchev–Trinajstić information content (AvgIpc) is 2.76. The van der Waals surface area contributed by atoms with Gasteiger partial charge in [0, 0.05) is 18.4 Å². The van der Waals surface area contributed by atoms with Crippen LogP contribution in [0.4, 0.5) is 0 Å². The molecule has 3 rings (SSSR count). The van der Waals surface area contributed by atoms with Gasteiger partial charge in [-0.2, -0.15) is 5.10 Å². The predicted molar refractivity (Wildman–Crippen MR) is 65.1 cm³/mol. The van der Waals surface area contributed by atoms with Gasteiger partial charge in [-0.25, -0.2) is 9.67 Å². The topological polar surface area (TPSA) is 71.2 Å². The van der Waals surface area contributed by atoms with Gasteiger partial charge in [-0.15, -0.1) is 0 Å². The van der Waals surface area contributed by atoms with Crippen LogP contribution in [0.3, 0.4) is 0 Å². The first kappa shape index (κ1) is 11.2. The monoisotopic (exact) mass is 245 g/mol. The minimum Gasteiger partial charge on any atom is -0.508 e. The van der Waals surface area contributed by atoms with E-state index in [4.69, 9.17) is 0 Å². The largest absolute Gasteiger partial charge is 0.508 e. The van der Waals surface area contributed by atoms with Crippen LogP contribution in [0.2, 0.25) is 0 Å². The van der Waals surface area contributed by atoms with Crippen molar-refractivity contribution < 1.29 is 10.2 Å². The summed E-state index contributed by atoms with van der Waals surface area (Å²) in [6.07, 6.45) is 2.45. The number of hydrogen-bond acceptors (Lipinski definition) is 4. The predicted octanol–water partition coefficient (Wildman–Crippen LogP) is 1.40. The zero-order chi connectivity index (χ0) is 12.5. The van der Waals surface area contributed by atoms with Gasteiger partial charge in [-0.3, -0.25) is 0 Å². The van der Waals surface area contributed by atoms with E-state index >= 15 is 0 Å². The molecule has 0 saturated carbocycles. The van der Waals surface area contributed by atoms with Gasteiger partial charge in [-0.1, -0.05) is 18.2 Å². The maximum Gasteiger partial charge on any atom is 0.155 e. The molecule has 5 nitrogen and oxygen atoms in total. The van der Waals surface area contributed by atoms with Gasteiger partial charge < -0.3 is 10.2 Å². The standard InChI is InChI=1S/C13H15N3O2/c17-10-5-2-1-4-9(10)8-11-14-12-6-3-7-13(18)16(12)15-11/h1-2,4-5,13,17-18H,3,6-8H2. The number of aromatic hydroxyl groups is 1. The first-order chi connectivity index (χ1) is 8.74. The Morgan fingerprint density at radius 1 is 1.33 bits per heavy atom. The quantitative estimate of drug-likeness (QED) is 0.839. The fourth-order valence-corrected chi connectivity index (χ4v) is 2.28. The molecular weight excluding hydrogens is 230 g/mol. The van der Waals surface area contributed by atoms with Crippen molar-refractivity contribution in [3.8, 4) is 5.75 Å². The highest BCUT2D eigenvalue weighted by Crippen LogP contribution is 2.23. The molecule has 1 atom stereocenters. The number of aromatic nitrogens is 3.